The third kappa shape index (κ3) is 3.18. The molecule has 104 valence electrons. The maximum Gasteiger partial charge on any atom is 0.253 e. The number of nitriles is 1. The molecule has 0 spiro atoms. The highest BCUT2D eigenvalue weighted by Gasteiger charge is 2.17. The van der Waals surface area contributed by atoms with Gasteiger partial charge in [-0.25, -0.2) is 0 Å². The van der Waals surface area contributed by atoms with Crippen molar-refractivity contribution in [3.63, 3.8) is 0 Å². The number of aromatic amines is 1. The lowest BCUT2D eigenvalue weighted by molar-refractivity contribution is 0.0740. The first kappa shape index (κ1) is 14.1. The van der Waals surface area contributed by atoms with E-state index in [1.807, 2.05) is 30.5 Å². The van der Waals surface area contributed by atoms with E-state index in [9.17, 15) is 4.79 Å². The van der Waals surface area contributed by atoms with Gasteiger partial charge in [-0.1, -0.05) is 13.8 Å². The molecular formula is C16H19N3O. The number of nitrogens with zero attached hydrogens (tertiary/aromatic N) is 2. The predicted octanol–water partition coefficient (Wildman–Crippen LogP) is 3.18. The Kier molecular flexibility index (Phi) is 4.41. The molecule has 1 amide bonds. The molecule has 0 aliphatic heterocycles. The molecule has 1 heterocycles. The van der Waals surface area contributed by atoms with Crippen molar-refractivity contribution in [1.29, 1.82) is 5.26 Å². The normalized spacial score (nSPS) is 10.7. The number of fused-ring (bicyclic) bond motifs is 1. The smallest absolute Gasteiger partial charge is 0.253 e. The summed E-state index contributed by atoms with van der Waals surface area (Å²) in [6, 6.07) is 9.70. The third-order valence-electron chi connectivity index (χ3n) is 3.17. The quantitative estimate of drug-likeness (QED) is 0.906. The number of hydrogen-bond acceptors (Lipinski definition) is 2. The molecule has 2 aromatic rings. The van der Waals surface area contributed by atoms with E-state index in [-0.39, 0.29) is 5.91 Å². The van der Waals surface area contributed by atoms with Crippen molar-refractivity contribution in [3.05, 3.63) is 36.0 Å². The van der Waals surface area contributed by atoms with Gasteiger partial charge in [0.1, 0.15) is 0 Å². The minimum Gasteiger partial charge on any atom is -0.361 e. The number of hydrogen-bond donors (Lipinski definition) is 1. The van der Waals surface area contributed by atoms with Gasteiger partial charge in [-0.05, 0) is 30.2 Å². The van der Waals surface area contributed by atoms with Gasteiger partial charge in [-0.3, -0.25) is 4.79 Å². The van der Waals surface area contributed by atoms with Crippen molar-refractivity contribution >= 4 is 16.8 Å². The van der Waals surface area contributed by atoms with Gasteiger partial charge in [-0.15, -0.1) is 0 Å². The Balaban J connectivity index is 2.22. The summed E-state index contributed by atoms with van der Waals surface area (Å²) in [7, 11) is 0. The number of rotatable bonds is 5. The Hall–Kier alpha value is -2.28. The molecule has 0 radical (unpaired) electrons. The summed E-state index contributed by atoms with van der Waals surface area (Å²) in [5.41, 5.74) is 1.70. The maximum absolute atomic E-state index is 12.6. The van der Waals surface area contributed by atoms with Crippen LogP contribution in [-0.4, -0.2) is 28.9 Å². The van der Waals surface area contributed by atoms with Crippen LogP contribution in [0.1, 0.15) is 30.6 Å². The number of benzene rings is 1. The highest BCUT2D eigenvalue weighted by atomic mass is 16.2. The number of carbonyl (C=O) groups is 1. The molecule has 0 saturated carbocycles. The number of amides is 1. The van der Waals surface area contributed by atoms with Crippen molar-refractivity contribution in [1.82, 2.24) is 9.88 Å². The van der Waals surface area contributed by atoms with Crippen LogP contribution in [0, 0.1) is 17.2 Å². The largest absolute Gasteiger partial charge is 0.361 e. The lowest BCUT2D eigenvalue weighted by atomic mass is 10.1. The second kappa shape index (κ2) is 6.25. The molecule has 4 nitrogen and oxygen atoms in total. The fraction of sp³-hybridized carbons (Fsp3) is 0.375. The Bertz CT molecular complexity index is 636. The first-order valence-electron chi connectivity index (χ1n) is 6.85. The van der Waals surface area contributed by atoms with Crippen LogP contribution in [-0.2, 0) is 0 Å². The van der Waals surface area contributed by atoms with Gasteiger partial charge in [0.05, 0.1) is 12.5 Å². The van der Waals surface area contributed by atoms with Gasteiger partial charge in [0, 0.05) is 35.8 Å². The summed E-state index contributed by atoms with van der Waals surface area (Å²) in [6.07, 6.45) is 2.23. The number of H-pyrrole nitrogens is 1. The molecule has 0 fully saturated rings. The van der Waals surface area contributed by atoms with Crippen LogP contribution in [0.5, 0.6) is 0 Å². The van der Waals surface area contributed by atoms with E-state index in [1.165, 1.54) is 0 Å². The van der Waals surface area contributed by atoms with Crippen molar-refractivity contribution < 1.29 is 4.79 Å². The SMILES string of the molecule is CC(C)CN(CCC#N)C(=O)c1ccc2[nH]ccc2c1. The van der Waals surface area contributed by atoms with E-state index < -0.39 is 0 Å². The summed E-state index contributed by atoms with van der Waals surface area (Å²) in [5, 5.41) is 9.75. The lowest BCUT2D eigenvalue weighted by Crippen LogP contribution is -2.35. The van der Waals surface area contributed by atoms with E-state index in [4.69, 9.17) is 5.26 Å². The van der Waals surface area contributed by atoms with E-state index in [2.05, 4.69) is 24.9 Å². The molecule has 2 rings (SSSR count). The highest BCUT2D eigenvalue weighted by molar-refractivity contribution is 5.98. The van der Waals surface area contributed by atoms with Crippen LogP contribution >= 0.6 is 0 Å². The molecule has 0 atom stereocenters. The first-order chi connectivity index (χ1) is 9.61. The summed E-state index contributed by atoms with van der Waals surface area (Å²) in [6.45, 7) is 5.30. The summed E-state index contributed by atoms with van der Waals surface area (Å²) in [4.78, 5) is 17.4. The monoisotopic (exact) mass is 269 g/mol. The Morgan fingerprint density at radius 2 is 2.20 bits per heavy atom. The van der Waals surface area contributed by atoms with Crippen LogP contribution in [0.15, 0.2) is 30.5 Å². The average molecular weight is 269 g/mol. The second-order valence-electron chi connectivity index (χ2n) is 5.33. The third-order valence-corrected chi connectivity index (χ3v) is 3.17. The zero-order valence-corrected chi connectivity index (χ0v) is 11.9. The Morgan fingerprint density at radius 1 is 1.40 bits per heavy atom. The Morgan fingerprint density at radius 3 is 2.90 bits per heavy atom. The van der Waals surface area contributed by atoms with Crippen molar-refractivity contribution in [2.45, 2.75) is 20.3 Å². The minimum atomic E-state index is -0.00273. The van der Waals surface area contributed by atoms with Gasteiger partial charge < -0.3 is 9.88 Å². The van der Waals surface area contributed by atoms with Gasteiger partial charge in [0.15, 0.2) is 0 Å². The van der Waals surface area contributed by atoms with E-state index in [0.717, 1.165) is 10.9 Å². The van der Waals surface area contributed by atoms with Crippen LogP contribution in [0.3, 0.4) is 0 Å². The van der Waals surface area contributed by atoms with Crippen molar-refractivity contribution in [3.8, 4) is 6.07 Å². The van der Waals surface area contributed by atoms with Crippen molar-refractivity contribution in [2.24, 2.45) is 5.92 Å². The van der Waals surface area contributed by atoms with Crippen LogP contribution < -0.4 is 0 Å². The van der Waals surface area contributed by atoms with Gasteiger partial charge >= 0.3 is 0 Å². The molecule has 1 N–H and O–H groups in total. The topological polar surface area (TPSA) is 59.9 Å². The molecule has 0 unspecified atom stereocenters. The molecular weight excluding hydrogens is 250 g/mol. The number of carbonyl (C=O) groups excluding carboxylic acids is 1. The summed E-state index contributed by atoms with van der Waals surface area (Å²) in [5.74, 6) is 0.380. The minimum absolute atomic E-state index is 0.00273. The van der Waals surface area contributed by atoms with Gasteiger partial charge in [0.25, 0.3) is 5.91 Å². The molecule has 4 heteroatoms. The zero-order chi connectivity index (χ0) is 14.5. The van der Waals surface area contributed by atoms with E-state index >= 15 is 0 Å². The van der Waals surface area contributed by atoms with Gasteiger partial charge in [0.2, 0.25) is 0 Å². The highest BCUT2D eigenvalue weighted by Crippen LogP contribution is 2.16. The Labute approximate surface area is 119 Å². The molecule has 0 aliphatic rings. The number of aromatic nitrogens is 1. The molecule has 20 heavy (non-hydrogen) atoms. The number of nitrogens with one attached hydrogen (secondary N) is 1. The molecule has 0 aliphatic carbocycles. The average Bonchev–Trinajstić information content (AvgIpc) is 2.89. The van der Waals surface area contributed by atoms with E-state index in [1.54, 1.807) is 4.90 Å². The fourth-order valence-corrected chi connectivity index (χ4v) is 2.27. The van der Waals surface area contributed by atoms with E-state index in [0.29, 0.717) is 31.0 Å². The van der Waals surface area contributed by atoms with Crippen molar-refractivity contribution in [2.75, 3.05) is 13.1 Å². The second-order valence-corrected chi connectivity index (χ2v) is 5.33. The summed E-state index contributed by atoms with van der Waals surface area (Å²) < 4.78 is 0. The first-order valence-corrected chi connectivity index (χ1v) is 6.85. The molecule has 0 saturated heterocycles. The molecule has 0 bridgehead atoms. The van der Waals surface area contributed by atoms with Crippen LogP contribution in [0.25, 0.3) is 10.9 Å². The fourth-order valence-electron chi connectivity index (χ4n) is 2.27. The summed E-state index contributed by atoms with van der Waals surface area (Å²) >= 11 is 0. The molecule has 1 aromatic heterocycles. The standard InChI is InChI=1S/C16H19N3O/c1-12(2)11-19(9-3-7-17)16(20)14-4-5-15-13(10-14)6-8-18-15/h4-6,8,10,12,18H,3,9,11H2,1-2H3. The predicted molar refractivity (Wildman–Crippen MR) is 79.3 cm³/mol. The lowest BCUT2D eigenvalue weighted by Gasteiger charge is -2.23. The zero-order valence-electron chi connectivity index (χ0n) is 11.9. The van der Waals surface area contributed by atoms with Crippen LogP contribution in [0.2, 0.25) is 0 Å². The maximum atomic E-state index is 12.6. The van der Waals surface area contributed by atoms with Gasteiger partial charge in [-0.2, -0.15) is 5.26 Å². The molecule has 1 aromatic carbocycles. The van der Waals surface area contributed by atoms with Crippen LogP contribution in [0.4, 0.5) is 0 Å².